The van der Waals surface area contributed by atoms with E-state index >= 15 is 0 Å². The molecule has 2 fully saturated rings. The van der Waals surface area contributed by atoms with Crippen molar-refractivity contribution in [1.82, 2.24) is 10.1 Å². The minimum absolute atomic E-state index is 0.0419. The molecule has 168 valence electrons. The van der Waals surface area contributed by atoms with Crippen LogP contribution in [0.1, 0.15) is 47.3 Å². The van der Waals surface area contributed by atoms with Crippen LogP contribution in [0, 0.1) is 0 Å². The molecule has 6 nitrogen and oxygen atoms in total. The summed E-state index contributed by atoms with van der Waals surface area (Å²) in [4.78, 5) is 18.4. The highest BCUT2D eigenvalue weighted by Crippen LogP contribution is 2.34. The fourth-order valence-corrected chi connectivity index (χ4v) is 5.30. The number of benzene rings is 1. The van der Waals surface area contributed by atoms with Crippen LogP contribution in [0.15, 0.2) is 52.4 Å². The number of hydrogen-bond acceptors (Lipinski definition) is 6. The number of rotatable bonds is 7. The zero-order valence-corrected chi connectivity index (χ0v) is 19.1. The Labute approximate surface area is 192 Å². The lowest BCUT2D eigenvalue weighted by atomic mass is 10.0. The summed E-state index contributed by atoms with van der Waals surface area (Å²) in [5.41, 5.74) is 2.82. The minimum atomic E-state index is 0.0419. The van der Waals surface area contributed by atoms with Crippen LogP contribution in [0.3, 0.4) is 0 Å². The average Bonchev–Trinajstić information content (AvgIpc) is 3.61. The van der Waals surface area contributed by atoms with Gasteiger partial charge < -0.3 is 19.1 Å². The summed E-state index contributed by atoms with van der Waals surface area (Å²) in [6.07, 6.45) is 5.66. The van der Waals surface area contributed by atoms with E-state index in [2.05, 4.69) is 10.1 Å². The summed E-state index contributed by atoms with van der Waals surface area (Å²) in [6, 6.07) is 13.9. The van der Waals surface area contributed by atoms with Gasteiger partial charge >= 0.3 is 0 Å². The van der Waals surface area contributed by atoms with E-state index in [0.29, 0.717) is 13.1 Å². The Kier molecular flexibility index (Phi) is 6.55. The molecule has 2 aromatic heterocycles. The molecular weight excluding hydrogens is 422 g/mol. The summed E-state index contributed by atoms with van der Waals surface area (Å²) >= 11 is 1.48. The number of piperidine rings is 1. The van der Waals surface area contributed by atoms with Gasteiger partial charge in [-0.15, -0.1) is 11.3 Å². The summed E-state index contributed by atoms with van der Waals surface area (Å²) in [6.45, 7) is 3.72. The maximum atomic E-state index is 13.5. The fourth-order valence-electron chi connectivity index (χ4n) is 4.61. The Bertz CT molecular complexity index is 1010. The number of carbonyl (C=O) groups is 1. The third-order valence-corrected chi connectivity index (χ3v) is 7.13. The van der Waals surface area contributed by atoms with Crippen molar-refractivity contribution in [3.63, 3.8) is 0 Å². The van der Waals surface area contributed by atoms with Gasteiger partial charge in [0.2, 0.25) is 5.88 Å². The van der Waals surface area contributed by atoms with Crippen molar-refractivity contribution in [2.45, 2.75) is 44.8 Å². The molecule has 5 rings (SSSR count). The minimum Gasteiger partial charge on any atom is -0.376 e. The number of carbonyl (C=O) groups excluding carboxylic acids is 1. The molecular formula is C25H29N3O3S. The molecule has 1 amide bonds. The number of ether oxygens (including phenoxy) is 1. The second-order valence-electron chi connectivity index (χ2n) is 8.53. The highest BCUT2D eigenvalue weighted by Gasteiger charge is 2.30. The van der Waals surface area contributed by atoms with Crippen molar-refractivity contribution in [3.05, 3.63) is 58.3 Å². The quantitative estimate of drug-likeness (QED) is 0.493. The van der Waals surface area contributed by atoms with E-state index < -0.39 is 0 Å². The molecule has 4 heterocycles. The smallest absolute Gasteiger partial charge is 0.264 e. The van der Waals surface area contributed by atoms with Crippen LogP contribution < -0.4 is 4.90 Å². The third kappa shape index (κ3) is 4.59. The highest BCUT2D eigenvalue weighted by molar-refractivity contribution is 7.12. The van der Waals surface area contributed by atoms with Crippen molar-refractivity contribution in [2.24, 2.45) is 0 Å². The van der Waals surface area contributed by atoms with Crippen LogP contribution >= 0.6 is 11.3 Å². The Balaban J connectivity index is 1.50. The van der Waals surface area contributed by atoms with E-state index in [1.54, 1.807) is 0 Å². The highest BCUT2D eigenvalue weighted by atomic mass is 32.1. The number of nitrogens with zero attached hydrogens (tertiary/aromatic N) is 3. The van der Waals surface area contributed by atoms with Crippen LogP contribution in [-0.4, -0.2) is 48.3 Å². The predicted molar refractivity (Wildman–Crippen MR) is 126 cm³/mol. The monoisotopic (exact) mass is 451 g/mol. The van der Waals surface area contributed by atoms with Gasteiger partial charge in [-0.2, -0.15) is 0 Å². The lowest BCUT2D eigenvalue weighted by Crippen LogP contribution is -2.37. The zero-order chi connectivity index (χ0) is 21.8. The van der Waals surface area contributed by atoms with Gasteiger partial charge in [-0.1, -0.05) is 41.6 Å². The number of aromatic nitrogens is 1. The standard InChI is InChI=1S/C25H29N3O3S/c29-24(22-12-8-16-32-22)28(17-20-11-7-15-30-20)18-21-23(19-9-3-1-4-10-19)26-31-25(21)27-13-5-2-6-14-27/h1,3-4,8-10,12,16,20H,2,5-7,11,13-15,17-18H2/t20-/m1/s1. The molecule has 3 aromatic rings. The van der Waals surface area contributed by atoms with Crippen molar-refractivity contribution in [1.29, 1.82) is 0 Å². The Morgan fingerprint density at radius 1 is 1.09 bits per heavy atom. The molecule has 0 radical (unpaired) electrons. The van der Waals surface area contributed by atoms with E-state index in [1.807, 2.05) is 52.7 Å². The van der Waals surface area contributed by atoms with Gasteiger partial charge in [-0.05, 0) is 43.6 Å². The van der Waals surface area contributed by atoms with Crippen LogP contribution in [0.4, 0.5) is 5.88 Å². The van der Waals surface area contributed by atoms with Crippen molar-refractivity contribution in [3.8, 4) is 11.3 Å². The summed E-state index contributed by atoms with van der Waals surface area (Å²) in [5.74, 6) is 0.847. The first kappa shape index (κ1) is 21.2. The number of amides is 1. The first-order chi connectivity index (χ1) is 15.8. The Morgan fingerprint density at radius 3 is 2.66 bits per heavy atom. The Hall–Kier alpha value is -2.64. The van der Waals surface area contributed by atoms with E-state index in [-0.39, 0.29) is 12.0 Å². The van der Waals surface area contributed by atoms with Gasteiger partial charge in [0.25, 0.3) is 5.91 Å². The van der Waals surface area contributed by atoms with Crippen LogP contribution in [0.2, 0.25) is 0 Å². The second-order valence-corrected chi connectivity index (χ2v) is 9.47. The largest absolute Gasteiger partial charge is 0.376 e. The topological polar surface area (TPSA) is 58.8 Å². The zero-order valence-electron chi connectivity index (χ0n) is 18.2. The normalized spacial score (nSPS) is 18.8. The second kappa shape index (κ2) is 9.88. The molecule has 32 heavy (non-hydrogen) atoms. The van der Waals surface area contributed by atoms with Crippen molar-refractivity contribution >= 4 is 23.1 Å². The maximum Gasteiger partial charge on any atom is 0.264 e. The maximum absolute atomic E-state index is 13.5. The van der Waals surface area contributed by atoms with Crippen LogP contribution in [0.5, 0.6) is 0 Å². The Morgan fingerprint density at radius 2 is 1.94 bits per heavy atom. The van der Waals surface area contributed by atoms with Gasteiger partial charge in [-0.25, -0.2) is 0 Å². The van der Waals surface area contributed by atoms with Gasteiger partial charge in [0.05, 0.1) is 23.1 Å². The third-order valence-electron chi connectivity index (χ3n) is 6.27. The number of anilines is 1. The molecule has 0 unspecified atom stereocenters. The molecule has 0 N–H and O–H groups in total. The summed E-state index contributed by atoms with van der Waals surface area (Å²) in [5, 5.41) is 6.44. The molecule has 0 spiro atoms. The van der Waals surface area contributed by atoms with Gasteiger partial charge in [0.1, 0.15) is 5.69 Å². The van der Waals surface area contributed by atoms with E-state index in [1.165, 1.54) is 17.8 Å². The molecule has 0 bridgehead atoms. The van der Waals surface area contributed by atoms with E-state index in [9.17, 15) is 4.79 Å². The fraction of sp³-hybridized carbons (Fsp3) is 0.440. The summed E-state index contributed by atoms with van der Waals surface area (Å²) < 4.78 is 11.8. The molecule has 2 aliphatic heterocycles. The van der Waals surface area contributed by atoms with E-state index in [4.69, 9.17) is 9.26 Å². The lowest BCUT2D eigenvalue weighted by Gasteiger charge is -2.29. The molecule has 0 saturated carbocycles. The van der Waals surface area contributed by atoms with Gasteiger partial charge in [-0.3, -0.25) is 4.79 Å². The number of hydrogen-bond donors (Lipinski definition) is 0. The predicted octanol–water partition coefficient (Wildman–Crippen LogP) is 5.21. The first-order valence-electron chi connectivity index (χ1n) is 11.5. The molecule has 1 atom stereocenters. The first-order valence-corrected chi connectivity index (χ1v) is 12.4. The van der Waals surface area contributed by atoms with Crippen molar-refractivity contribution in [2.75, 3.05) is 31.1 Å². The summed E-state index contributed by atoms with van der Waals surface area (Å²) in [7, 11) is 0. The van der Waals surface area contributed by atoms with Crippen molar-refractivity contribution < 1.29 is 14.1 Å². The SMILES string of the molecule is O=C(c1cccs1)N(Cc1c(-c2ccccc2)noc1N1CCCCC1)C[C@H]1CCCO1. The lowest BCUT2D eigenvalue weighted by molar-refractivity contribution is 0.0511. The van der Waals surface area contributed by atoms with E-state index in [0.717, 1.165) is 73.0 Å². The average molecular weight is 452 g/mol. The molecule has 0 aliphatic carbocycles. The van der Waals surface area contributed by atoms with Crippen LogP contribution in [0.25, 0.3) is 11.3 Å². The van der Waals surface area contributed by atoms with Gasteiger partial charge in [0, 0.05) is 31.8 Å². The van der Waals surface area contributed by atoms with Gasteiger partial charge in [0.15, 0.2) is 0 Å². The number of thiophene rings is 1. The van der Waals surface area contributed by atoms with Crippen LogP contribution in [-0.2, 0) is 11.3 Å². The molecule has 2 saturated heterocycles. The molecule has 7 heteroatoms. The molecule has 2 aliphatic rings. The molecule has 1 aromatic carbocycles.